The molecule has 1 atom stereocenters. The number of nitrogens with zero attached hydrogens (tertiary/aromatic N) is 2. The molecule has 8 heteroatoms. The van der Waals surface area contributed by atoms with Crippen LogP contribution in [0.4, 0.5) is 0 Å². The van der Waals surface area contributed by atoms with Crippen molar-refractivity contribution >= 4 is 30.8 Å². The molecule has 0 spiro atoms. The van der Waals surface area contributed by atoms with Crippen molar-refractivity contribution in [3.05, 3.63) is 36.0 Å². The van der Waals surface area contributed by atoms with Crippen LogP contribution in [0.25, 0.3) is 10.9 Å². The molecule has 2 heterocycles. The Hall–Kier alpha value is -1.51. The Morgan fingerprint density at radius 3 is 2.70 bits per heavy atom. The predicted octanol–water partition coefficient (Wildman–Crippen LogP) is 1.35. The van der Waals surface area contributed by atoms with E-state index in [1.54, 1.807) is 12.3 Å². The summed E-state index contributed by atoms with van der Waals surface area (Å²) in [6.45, 7) is 1.89. The summed E-state index contributed by atoms with van der Waals surface area (Å²) >= 11 is 0. The monoisotopic (exact) mass is 354 g/mol. The second-order valence-electron chi connectivity index (χ2n) is 5.92. The summed E-state index contributed by atoms with van der Waals surface area (Å²) in [6.07, 6.45) is 1.96. The number of sulfone groups is 1. The van der Waals surface area contributed by atoms with Crippen LogP contribution in [0.15, 0.2) is 35.4 Å². The van der Waals surface area contributed by atoms with Crippen molar-refractivity contribution in [3.63, 3.8) is 0 Å². The standard InChI is InChI=1S/C15H18N2O4S2/c1-11-8-12-4-3-5-14(15(12)16-9-11)23(20,21)17(2)13-6-7-22(18,19)10-13/h3-5,8-9,13H,6-7,10H2,1-2H3/t13-/m1/s1. The number of hydrogen-bond acceptors (Lipinski definition) is 5. The molecule has 0 N–H and O–H groups in total. The van der Waals surface area contributed by atoms with Gasteiger partial charge in [-0.25, -0.2) is 16.8 Å². The first-order valence-electron chi connectivity index (χ1n) is 7.24. The fourth-order valence-corrected chi connectivity index (χ4v) is 6.28. The van der Waals surface area contributed by atoms with Gasteiger partial charge in [0.25, 0.3) is 0 Å². The molecule has 0 bridgehead atoms. The van der Waals surface area contributed by atoms with E-state index >= 15 is 0 Å². The highest BCUT2D eigenvalue weighted by Gasteiger charge is 2.37. The fourth-order valence-electron chi connectivity index (χ4n) is 2.86. The van der Waals surface area contributed by atoms with Crippen LogP contribution in [0.1, 0.15) is 12.0 Å². The summed E-state index contributed by atoms with van der Waals surface area (Å²) in [4.78, 5) is 4.37. The van der Waals surface area contributed by atoms with E-state index in [0.717, 1.165) is 10.9 Å². The first-order valence-corrected chi connectivity index (χ1v) is 10.5. The number of hydrogen-bond donors (Lipinski definition) is 0. The van der Waals surface area contributed by atoms with Crippen molar-refractivity contribution in [2.45, 2.75) is 24.3 Å². The molecule has 0 saturated carbocycles. The highest BCUT2D eigenvalue weighted by atomic mass is 32.2. The SMILES string of the molecule is Cc1cnc2c(S(=O)(=O)N(C)[C@@H]3CCS(=O)(=O)C3)cccc2c1. The highest BCUT2D eigenvalue weighted by molar-refractivity contribution is 7.92. The Morgan fingerprint density at radius 1 is 1.30 bits per heavy atom. The molecule has 23 heavy (non-hydrogen) atoms. The second-order valence-corrected chi connectivity index (χ2v) is 10.1. The largest absolute Gasteiger partial charge is 0.255 e. The number of aryl methyl sites for hydroxylation is 1. The highest BCUT2D eigenvalue weighted by Crippen LogP contribution is 2.27. The maximum absolute atomic E-state index is 12.9. The zero-order valence-corrected chi connectivity index (χ0v) is 14.6. The molecule has 1 aromatic carbocycles. The molecule has 124 valence electrons. The third-order valence-corrected chi connectivity index (χ3v) is 7.88. The fraction of sp³-hybridized carbons (Fsp3) is 0.400. The molecule has 0 unspecified atom stereocenters. The van der Waals surface area contributed by atoms with Crippen molar-refractivity contribution < 1.29 is 16.8 Å². The van der Waals surface area contributed by atoms with Gasteiger partial charge in [-0.15, -0.1) is 0 Å². The maximum atomic E-state index is 12.9. The molecule has 1 aliphatic rings. The molecule has 1 fully saturated rings. The summed E-state index contributed by atoms with van der Waals surface area (Å²) < 4.78 is 50.3. The van der Waals surface area contributed by atoms with Gasteiger partial charge in [0.15, 0.2) is 9.84 Å². The van der Waals surface area contributed by atoms with Gasteiger partial charge in [0, 0.05) is 24.7 Å². The van der Waals surface area contributed by atoms with Crippen LogP contribution >= 0.6 is 0 Å². The normalized spacial score (nSPS) is 21.1. The minimum Gasteiger partial charge on any atom is -0.255 e. The molecule has 2 aromatic rings. The zero-order chi connectivity index (χ0) is 16.8. The Bertz CT molecular complexity index is 968. The Balaban J connectivity index is 2.06. The van der Waals surface area contributed by atoms with E-state index in [2.05, 4.69) is 4.98 Å². The quantitative estimate of drug-likeness (QED) is 0.831. The average Bonchev–Trinajstić information content (AvgIpc) is 2.85. The number of fused-ring (bicyclic) bond motifs is 1. The van der Waals surface area contributed by atoms with Crippen LogP contribution in [0.3, 0.4) is 0 Å². The van der Waals surface area contributed by atoms with Crippen molar-refractivity contribution in [3.8, 4) is 0 Å². The molecular formula is C15H18N2O4S2. The number of rotatable bonds is 3. The number of aromatic nitrogens is 1. The lowest BCUT2D eigenvalue weighted by Crippen LogP contribution is -2.37. The zero-order valence-electron chi connectivity index (χ0n) is 12.9. The van der Waals surface area contributed by atoms with E-state index in [1.807, 2.05) is 19.1 Å². The Morgan fingerprint density at radius 2 is 2.04 bits per heavy atom. The minimum atomic E-state index is -3.81. The number of sulfonamides is 1. The van der Waals surface area contributed by atoms with E-state index in [4.69, 9.17) is 0 Å². The summed E-state index contributed by atoms with van der Waals surface area (Å²) in [6, 6.07) is 6.36. The third-order valence-electron chi connectivity index (χ3n) is 4.19. The van der Waals surface area contributed by atoms with Gasteiger partial charge in [-0.05, 0) is 31.0 Å². The first kappa shape index (κ1) is 16.4. The van der Waals surface area contributed by atoms with Crippen molar-refractivity contribution in [2.75, 3.05) is 18.6 Å². The van der Waals surface area contributed by atoms with Gasteiger partial charge >= 0.3 is 0 Å². The lowest BCUT2D eigenvalue weighted by atomic mass is 10.2. The molecule has 6 nitrogen and oxygen atoms in total. The minimum absolute atomic E-state index is 0.0323. The van der Waals surface area contributed by atoms with Crippen LogP contribution < -0.4 is 0 Å². The van der Waals surface area contributed by atoms with Gasteiger partial charge < -0.3 is 0 Å². The molecule has 1 saturated heterocycles. The number of pyridine rings is 1. The molecule has 3 rings (SSSR count). The summed E-state index contributed by atoms with van der Waals surface area (Å²) in [7, 11) is -5.52. The molecule has 0 amide bonds. The summed E-state index contributed by atoms with van der Waals surface area (Å²) in [5, 5.41) is 0.749. The smallest absolute Gasteiger partial charge is 0.245 e. The van der Waals surface area contributed by atoms with Crippen LogP contribution in [-0.2, 0) is 19.9 Å². The predicted molar refractivity (Wildman–Crippen MR) is 88.5 cm³/mol. The van der Waals surface area contributed by atoms with Crippen LogP contribution in [-0.4, -0.2) is 50.7 Å². The van der Waals surface area contributed by atoms with Crippen LogP contribution in [0.2, 0.25) is 0 Å². The first-order chi connectivity index (χ1) is 10.7. The van der Waals surface area contributed by atoms with E-state index in [0.29, 0.717) is 11.9 Å². The average molecular weight is 354 g/mol. The molecular weight excluding hydrogens is 336 g/mol. The maximum Gasteiger partial charge on any atom is 0.245 e. The summed E-state index contributed by atoms with van der Waals surface area (Å²) in [5.74, 6) is -0.0927. The topological polar surface area (TPSA) is 84.4 Å². The van der Waals surface area contributed by atoms with Gasteiger partial charge in [-0.1, -0.05) is 12.1 Å². The molecule has 1 aliphatic heterocycles. The van der Waals surface area contributed by atoms with Crippen molar-refractivity contribution in [2.24, 2.45) is 0 Å². The lowest BCUT2D eigenvalue weighted by Gasteiger charge is -2.23. The van der Waals surface area contributed by atoms with Crippen LogP contribution in [0, 0.1) is 6.92 Å². The molecule has 0 radical (unpaired) electrons. The van der Waals surface area contributed by atoms with Gasteiger partial charge in [-0.3, -0.25) is 4.98 Å². The van der Waals surface area contributed by atoms with E-state index in [9.17, 15) is 16.8 Å². The number of benzene rings is 1. The molecule has 0 aliphatic carbocycles. The summed E-state index contributed by atoms with van der Waals surface area (Å²) in [5.41, 5.74) is 1.35. The third kappa shape index (κ3) is 2.98. The van der Waals surface area contributed by atoms with E-state index in [-0.39, 0.29) is 16.4 Å². The van der Waals surface area contributed by atoms with Crippen molar-refractivity contribution in [1.29, 1.82) is 0 Å². The number of para-hydroxylation sites is 1. The van der Waals surface area contributed by atoms with Gasteiger partial charge in [0.1, 0.15) is 4.90 Å². The molecule has 1 aromatic heterocycles. The Labute approximate surface area is 136 Å². The van der Waals surface area contributed by atoms with Gasteiger partial charge in [0.05, 0.1) is 17.0 Å². The van der Waals surface area contributed by atoms with E-state index in [1.165, 1.54) is 17.4 Å². The lowest BCUT2D eigenvalue weighted by molar-refractivity contribution is 0.394. The van der Waals surface area contributed by atoms with Gasteiger partial charge in [-0.2, -0.15) is 4.31 Å². The van der Waals surface area contributed by atoms with E-state index < -0.39 is 25.9 Å². The van der Waals surface area contributed by atoms with Crippen molar-refractivity contribution in [1.82, 2.24) is 9.29 Å². The Kier molecular flexibility index (Phi) is 3.94. The second kappa shape index (κ2) is 5.54. The van der Waals surface area contributed by atoms with Gasteiger partial charge in [0.2, 0.25) is 10.0 Å². The van der Waals surface area contributed by atoms with Crippen LogP contribution in [0.5, 0.6) is 0 Å².